The lowest BCUT2D eigenvalue weighted by Crippen LogP contribution is -2.47. The summed E-state index contributed by atoms with van der Waals surface area (Å²) in [4.78, 5) is 24.2. The Balaban J connectivity index is 2.83. The van der Waals surface area contributed by atoms with Crippen molar-refractivity contribution < 1.29 is 19.1 Å². The summed E-state index contributed by atoms with van der Waals surface area (Å²) in [6.07, 6.45) is 0.438. The van der Waals surface area contributed by atoms with Gasteiger partial charge >= 0.3 is 12.1 Å². The molecule has 0 bridgehead atoms. The highest BCUT2D eigenvalue weighted by atomic mass is 16.6. The number of carbonyl (C=O) groups excluding carboxylic acids is 2. The summed E-state index contributed by atoms with van der Waals surface area (Å²) in [6, 6.07) is -1.00. The van der Waals surface area contributed by atoms with Crippen LogP contribution in [0.2, 0.25) is 0 Å². The molecule has 1 heterocycles. The SMILES string of the molecule is CC(C)(C)OC(=O)NC(Cc1nncnn1)C(=O)OC(C)(C)C. The molecular weight excluding hydrogens is 302 g/mol. The Morgan fingerprint density at radius 2 is 1.57 bits per heavy atom. The maximum atomic E-state index is 12.3. The summed E-state index contributed by atoms with van der Waals surface area (Å²) in [5, 5.41) is 17.2. The number of amides is 1. The topological polar surface area (TPSA) is 116 Å². The molecule has 1 aromatic heterocycles. The number of esters is 1. The molecule has 0 saturated carbocycles. The third-order valence-electron chi connectivity index (χ3n) is 2.22. The largest absolute Gasteiger partial charge is 0.458 e. The summed E-state index contributed by atoms with van der Waals surface area (Å²) in [7, 11) is 0. The van der Waals surface area contributed by atoms with Crippen LogP contribution in [0.5, 0.6) is 0 Å². The fourth-order valence-electron chi connectivity index (χ4n) is 1.51. The van der Waals surface area contributed by atoms with Crippen LogP contribution in [0, 0.1) is 0 Å². The number of nitrogens with one attached hydrogen (secondary N) is 1. The summed E-state index contributed by atoms with van der Waals surface area (Å²) < 4.78 is 10.5. The number of rotatable bonds is 4. The minimum absolute atomic E-state index is 0.00496. The van der Waals surface area contributed by atoms with Gasteiger partial charge in [-0.25, -0.2) is 9.59 Å². The third kappa shape index (κ3) is 8.03. The second-order valence-electron chi connectivity index (χ2n) is 6.90. The van der Waals surface area contributed by atoms with Crippen molar-refractivity contribution in [3.63, 3.8) is 0 Å². The maximum Gasteiger partial charge on any atom is 0.408 e. The van der Waals surface area contributed by atoms with Crippen molar-refractivity contribution in [2.24, 2.45) is 0 Å². The number of nitrogens with zero attached hydrogens (tertiary/aromatic N) is 4. The van der Waals surface area contributed by atoms with Crippen LogP contribution in [-0.2, 0) is 20.7 Å². The zero-order valence-corrected chi connectivity index (χ0v) is 14.3. The van der Waals surface area contributed by atoms with Gasteiger partial charge in [0.25, 0.3) is 0 Å². The Morgan fingerprint density at radius 3 is 2.04 bits per heavy atom. The first kappa shape index (κ1) is 18.7. The van der Waals surface area contributed by atoms with Gasteiger partial charge < -0.3 is 14.8 Å². The quantitative estimate of drug-likeness (QED) is 0.816. The lowest BCUT2D eigenvalue weighted by atomic mass is 10.1. The van der Waals surface area contributed by atoms with Gasteiger partial charge in [-0.2, -0.15) is 0 Å². The molecule has 1 rings (SSSR count). The second kappa shape index (κ2) is 7.30. The zero-order chi connectivity index (χ0) is 17.7. The molecule has 1 unspecified atom stereocenters. The molecule has 0 aliphatic carbocycles. The minimum atomic E-state index is -1.00. The molecular formula is C14H23N5O4. The van der Waals surface area contributed by atoms with Gasteiger partial charge in [0.1, 0.15) is 17.2 Å². The first-order chi connectivity index (χ1) is 10.5. The highest BCUT2D eigenvalue weighted by Crippen LogP contribution is 2.11. The molecule has 0 fully saturated rings. The van der Waals surface area contributed by atoms with Crippen LogP contribution in [0.1, 0.15) is 47.4 Å². The Hall–Kier alpha value is -2.32. The van der Waals surface area contributed by atoms with E-state index in [4.69, 9.17) is 9.47 Å². The molecule has 1 atom stereocenters. The number of ether oxygens (including phenoxy) is 2. The number of carbonyl (C=O) groups is 2. The zero-order valence-electron chi connectivity index (χ0n) is 14.3. The van der Waals surface area contributed by atoms with Crippen molar-refractivity contribution in [1.29, 1.82) is 0 Å². The molecule has 0 radical (unpaired) electrons. The van der Waals surface area contributed by atoms with Crippen LogP contribution in [0.3, 0.4) is 0 Å². The summed E-state index contributed by atoms with van der Waals surface area (Å²) >= 11 is 0. The highest BCUT2D eigenvalue weighted by Gasteiger charge is 2.29. The van der Waals surface area contributed by atoms with E-state index in [2.05, 4.69) is 25.7 Å². The monoisotopic (exact) mass is 325 g/mol. The van der Waals surface area contributed by atoms with Crippen LogP contribution in [0.25, 0.3) is 0 Å². The van der Waals surface area contributed by atoms with Crippen molar-refractivity contribution in [1.82, 2.24) is 25.7 Å². The third-order valence-corrected chi connectivity index (χ3v) is 2.22. The Bertz CT molecular complexity index is 536. The van der Waals surface area contributed by atoms with E-state index in [9.17, 15) is 9.59 Å². The lowest BCUT2D eigenvalue weighted by Gasteiger charge is -2.25. The highest BCUT2D eigenvalue weighted by molar-refractivity contribution is 5.81. The van der Waals surface area contributed by atoms with Crippen LogP contribution >= 0.6 is 0 Å². The first-order valence-electron chi connectivity index (χ1n) is 7.18. The predicted molar refractivity (Wildman–Crippen MR) is 80.3 cm³/mol. The number of hydrogen-bond donors (Lipinski definition) is 1. The lowest BCUT2D eigenvalue weighted by molar-refractivity contribution is -0.157. The Kier molecular flexibility index (Phi) is 5.94. The van der Waals surface area contributed by atoms with E-state index in [1.54, 1.807) is 41.5 Å². The van der Waals surface area contributed by atoms with Gasteiger partial charge in [-0.05, 0) is 41.5 Å². The van der Waals surface area contributed by atoms with Gasteiger partial charge in [-0.1, -0.05) is 0 Å². The maximum absolute atomic E-state index is 12.3. The van der Waals surface area contributed by atoms with Gasteiger partial charge in [0.15, 0.2) is 12.2 Å². The average Bonchev–Trinajstić information content (AvgIpc) is 2.34. The molecule has 23 heavy (non-hydrogen) atoms. The molecule has 1 aromatic rings. The average molecular weight is 325 g/mol. The molecule has 0 aliphatic heterocycles. The molecule has 9 nitrogen and oxygen atoms in total. The summed E-state index contributed by atoms with van der Waals surface area (Å²) in [6.45, 7) is 10.4. The van der Waals surface area contributed by atoms with Crippen LogP contribution in [-0.4, -0.2) is 49.7 Å². The van der Waals surface area contributed by atoms with Crippen molar-refractivity contribution in [2.45, 2.75) is 65.2 Å². The van der Waals surface area contributed by atoms with Gasteiger partial charge in [-0.15, -0.1) is 20.4 Å². The number of hydrogen-bond acceptors (Lipinski definition) is 8. The standard InChI is InChI=1S/C14H23N5O4/c1-13(2,3)22-11(20)9(7-10-18-15-8-16-19-10)17-12(21)23-14(4,5)6/h8-9H,7H2,1-6H3,(H,17,21). The molecule has 0 aromatic carbocycles. The number of alkyl carbamates (subject to hydrolysis) is 1. The minimum Gasteiger partial charge on any atom is -0.458 e. The van der Waals surface area contributed by atoms with Crippen molar-refractivity contribution in [2.75, 3.05) is 0 Å². The van der Waals surface area contributed by atoms with E-state index >= 15 is 0 Å². The van der Waals surface area contributed by atoms with Gasteiger partial charge in [-0.3, -0.25) is 0 Å². The van der Waals surface area contributed by atoms with E-state index in [1.807, 2.05) is 0 Å². The van der Waals surface area contributed by atoms with Crippen molar-refractivity contribution in [3.05, 3.63) is 12.2 Å². The molecule has 0 aliphatic rings. The van der Waals surface area contributed by atoms with E-state index in [-0.39, 0.29) is 12.2 Å². The van der Waals surface area contributed by atoms with Gasteiger partial charge in [0.2, 0.25) is 0 Å². The number of aromatic nitrogens is 4. The fraction of sp³-hybridized carbons (Fsp3) is 0.714. The molecule has 1 amide bonds. The van der Waals surface area contributed by atoms with Crippen LogP contribution < -0.4 is 5.32 Å². The molecule has 0 saturated heterocycles. The van der Waals surface area contributed by atoms with Gasteiger partial charge in [0.05, 0.1) is 0 Å². The smallest absolute Gasteiger partial charge is 0.408 e. The fourth-order valence-corrected chi connectivity index (χ4v) is 1.51. The van der Waals surface area contributed by atoms with E-state index in [0.717, 1.165) is 0 Å². The van der Waals surface area contributed by atoms with E-state index in [1.165, 1.54) is 6.33 Å². The van der Waals surface area contributed by atoms with E-state index in [0.29, 0.717) is 0 Å². The normalized spacial score (nSPS) is 13.1. The predicted octanol–water partition coefficient (Wildman–Crippen LogP) is 1.04. The first-order valence-corrected chi connectivity index (χ1v) is 7.18. The molecule has 9 heteroatoms. The summed E-state index contributed by atoms with van der Waals surface area (Å²) in [5.74, 6) is -0.407. The van der Waals surface area contributed by atoms with Gasteiger partial charge in [0, 0.05) is 6.42 Å². The Morgan fingerprint density at radius 1 is 1.04 bits per heavy atom. The molecule has 0 spiro atoms. The molecule has 128 valence electrons. The Labute approximate surface area is 135 Å². The van der Waals surface area contributed by atoms with Crippen LogP contribution in [0.4, 0.5) is 4.79 Å². The second-order valence-corrected chi connectivity index (χ2v) is 6.90. The molecule has 1 N–H and O–H groups in total. The van der Waals surface area contributed by atoms with E-state index < -0.39 is 29.3 Å². The van der Waals surface area contributed by atoms with Crippen molar-refractivity contribution in [3.8, 4) is 0 Å². The summed E-state index contributed by atoms with van der Waals surface area (Å²) in [5.41, 5.74) is -1.38. The van der Waals surface area contributed by atoms with Crippen LogP contribution in [0.15, 0.2) is 6.33 Å². The van der Waals surface area contributed by atoms with Crippen molar-refractivity contribution >= 4 is 12.1 Å².